The third-order valence-electron chi connectivity index (χ3n) is 1.53. The van der Waals surface area contributed by atoms with Gasteiger partial charge < -0.3 is 5.32 Å². The molecular weight excluding hydrogens is 134 g/mol. The first-order chi connectivity index (χ1) is 3.68. The van der Waals surface area contributed by atoms with Gasteiger partial charge in [-0.3, -0.25) is 0 Å². The van der Waals surface area contributed by atoms with E-state index in [2.05, 4.69) is 33.0 Å². The third kappa shape index (κ3) is 6.13. The van der Waals surface area contributed by atoms with Crippen molar-refractivity contribution in [2.75, 3.05) is 6.54 Å². The maximum Gasteiger partial charge on any atom is 0.00616 e. The Morgan fingerprint density at radius 2 is 1.67 bits per heavy atom. The number of nitrogens with one attached hydrogen (secondary N) is 1. The molecule has 1 unspecified atom stereocenters. The molecule has 0 bridgehead atoms. The molecule has 0 aromatic heterocycles. The van der Waals surface area contributed by atoms with E-state index in [0.717, 1.165) is 12.5 Å². The summed E-state index contributed by atoms with van der Waals surface area (Å²) in [7, 11) is 0. The minimum Gasteiger partial charge on any atom is -0.314 e. The Morgan fingerprint density at radius 1 is 1.22 bits per heavy atom. The summed E-state index contributed by atoms with van der Waals surface area (Å²) in [6.45, 7) is 9.90. The maximum atomic E-state index is 3.34. The second kappa shape index (κ2) is 6.37. The molecule has 1 nitrogen and oxygen atoms in total. The highest BCUT2D eigenvalue weighted by Gasteiger charge is 2.02. The van der Waals surface area contributed by atoms with Crippen LogP contribution in [0.5, 0.6) is 0 Å². The second-order valence-electron chi connectivity index (χ2n) is 2.59. The minimum atomic E-state index is 0. The summed E-state index contributed by atoms with van der Waals surface area (Å²) in [4.78, 5) is 0. The van der Waals surface area contributed by atoms with Crippen LogP contribution < -0.4 is 5.32 Å². The summed E-state index contributed by atoms with van der Waals surface area (Å²) < 4.78 is 0. The van der Waals surface area contributed by atoms with Crippen LogP contribution in [0, 0.1) is 5.92 Å². The molecule has 0 heterocycles. The predicted molar refractivity (Wildman–Crippen MR) is 45.2 cm³/mol. The van der Waals surface area contributed by atoms with Crippen LogP contribution in [0.15, 0.2) is 0 Å². The second-order valence-corrected chi connectivity index (χ2v) is 2.59. The first-order valence-electron chi connectivity index (χ1n) is 3.41. The maximum absolute atomic E-state index is 3.34. The molecule has 9 heavy (non-hydrogen) atoms. The minimum absolute atomic E-state index is 0. The Balaban J connectivity index is 0. The van der Waals surface area contributed by atoms with Gasteiger partial charge in [0.2, 0.25) is 0 Å². The van der Waals surface area contributed by atoms with Crippen LogP contribution in [-0.2, 0) is 0 Å². The summed E-state index contributed by atoms with van der Waals surface area (Å²) >= 11 is 0. The fourth-order valence-corrected chi connectivity index (χ4v) is 0.558. The van der Waals surface area contributed by atoms with Gasteiger partial charge in [-0.05, 0) is 19.4 Å². The molecule has 1 atom stereocenters. The number of halogens is 1. The van der Waals surface area contributed by atoms with E-state index in [9.17, 15) is 0 Å². The van der Waals surface area contributed by atoms with E-state index in [1.54, 1.807) is 0 Å². The number of rotatable bonds is 3. The van der Waals surface area contributed by atoms with Crippen molar-refractivity contribution in [3.8, 4) is 0 Å². The van der Waals surface area contributed by atoms with Gasteiger partial charge in [-0.1, -0.05) is 20.8 Å². The first-order valence-corrected chi connectivity index (χ1v) is 3.41. The molecule has 1 N–H and O–H groups in total. The third-order valence-corrected chi connectivity index (χ3v) is 1.53. The lowest BCUT2D eigenvalue weighted by molar-refractivity contribution is 0.437. The lowest BCUT2D eigenvalue weighted by Gasteiger charge is -2.15. The lowest BCUT2D eigenvalue weighted by atomic mass is 10.1. The van der Waals surface area contributed by atoms with Gasteiger partial charge in [-0.2, -0.15) is 0 Å². The van der Waals surface area contributed by atoms with Crippen molar-refractivity contribution >= 4 is 12.4 Å². The largest absolute Gasteiger partial charge is 0.314 e. The van der Waals surface area contributed by atoms with Gasteiger partial charge in [-0.15, -0.1) is 12.4 Å². The molecule has 2 heteroatoms. The van der Waals surface area contributed by atoms with Gasteiger partial charge in [-0.25, -0.2) is 0 Å². The molecule has 0 fully saturated rings. The van der Waals surface area contributed by atoms with Gasteiger partial charge in [0, 0.05) is 6.04 Å². The highest BCUT2D eigenvalue weighted by molar-refractivity contribution is 5.85. The van der Waals surface area contributed by atoms with Crippen LogP contribution in [0.4, 0.5) is 0 Å². The molecule has 0 aromatic rings. The molecule has 0 saturated carbocycles. The topological polar surface area (TPSA) is 12.0 Å². The van der Waals surface area contributed by atoms with Gasteiger partial charge in [0.15, 0.2) is 0 Å². The van der Waals surface area contributed by atoms with Gasteiger partial charge in [0.05, 0.1) is 0 Å². The summed E-state index contributed by atoms with van der Waals surface area (Å²) in [6.07, 6.45) is 0. The van der Waals surface area contributed by atoms with Crippen molar-refractivity contribution in [2.24, 2.45) is 5.92 Å². The Morgan fingerprint density at radius 3 is 1.78 bits per heavy atom. The van der Waals surface area contributed by atoms with Crippen molar-refractivity contribution in [1.29, 1.82) is 0 Å². The molecule has 0 aliphatic heterocycles. The smallest absolute Gasteiger partial charge is 0.00616 e. The van der Waals surface area contributed by atoms with Gasteiger partial charge in [0.1, 0.15) is 0 Å². The van der Waals surface area contributed by atoms with Crippen LogP contribution >= 0.6 is 12.4 Å². The zero-order valence-corrected chi connectivity index (χ0v) is 7.59. The molecular formula is C7H18ClN. The van der Waals surface area contributed by atoms with Crippen LogP contribution in [0.1, 0.15) is 27.7 Å². The molecule has 0 aliphatic carbocycles. The Labute approximate surface area is 64.6 Å². The normalized spacial score (nSPS) is 13.0. The van der Waals surface area contributed by atoms with E-state index in [0.29, 0.717) is 6.04 Å². The molecule has 0 saturated heterocycles. The fraction of sp³-hybridized carbons (Fsp3) is 1.00. The summed E-state index contributed by atoms with van der Waals surface area (Å²) in [5.41, 5.74) is 0. The van der Waals surface area contributed by atoms with Gasteiger partial charge >= 0.3 is 0 Å². The van der Waals surface area contributed by atoms with Crippen LogP contribution in [0.25, 0.3) is 0 Å². The van der Waals surface area contributed by atoms with Crippen molar-refractivity contribution in [2.45, 2.75) is 33.7 Å². The van der Waals surface area contributed by atoms with Crippen molar-refractivity contribution < 1.29 is 0 Å². The van der Waals surface area contributed by atoms with Crippen molar-refractivity contribution in [3.63, 3.8) is 0 Å². The van der Waals surface area contributed by atoms with Crippen LogP contribution in [0.3, 0.4) is 0 Å². The molecule has 0 aromatic carbocycles. The first kappa shape index (κ1) is 12.0. The SMILES string of the molecule is CCNC(C)C(C)C.Cl. The molecule has 0 spiro atoms. The predicted octanol–water partition coefficient (Wildman–Crippen LogP) is 2.06. The highest BCUT2D eigenvalue weighted by atomic mass is 35.5. The molecule has 58 valence electrons. The van der Waals surface area contributed by atoms with E-state index in [-0.39, 0.29) is 12.4 Å². The van der Waals surface area contributed by atoms with E-state index >= 15 is 0 Å². The summed E-state index contributed by atoms with van der Waals surface area (Å²) in [5, 5.41) is 3.34. The zero-order valence-electron chi connectivity index (χ0n) is 6.77. The number of hydrogen-bond donors (Lipinski definition) is 1. The molecule has 0 aliphatic rings. The van der Waals surface area contributed by atoms with Crippen molar-refractivity contribution in [3.05, 3.63) is 0 Å². The Hall–Kier alpha value is 0.250. The average molecular weight is 152 g/mol. The average Bonchev–Trinajstić information content (AvgIpc) is 1.67. The van der Waals surface area contributed by atoms with E-state index < -0.39 is 0 Å². The van der Waals surface area contributed by atoms with Gasteiger partial charge in [0.25, 0.3) is 0 Å². The Kier molecular flexibility index (Phi) is 8.48. The number of hydrogen-bond acceptors (Lipinski definition) is 1. The standard InChI is InChI=1S/C7H17N.ClH/c1-5-8-7(4)6(2)3;/h6-8H,5H2,1-4H3;1H. The fourth-order valence-electron chi connectivity index (χ4n) is 0.558. The molecule has 0 rings (SSSR count). The highest BCUT2D eigenvalue weighted by Crippen LogP contribution is 1.97. The van der Waals surface area contributed by atoms with Crippen LogP contribution in [-0.4, -0.2) is 12.6 Å². The molecule has 0 amide bonds. The summed E-state index contributed by atoms with van der Waals surface area (Å²) in [6, 6.07) is 0.667. The van der Waals surface area contributed by atoms with Crippen LogP contribution in [0.2, 0.25) is 0 Å². The van der Waals surface area contributed by atoms with E-state index in [1.807, 2.05) is 0 Å². The molecule has 0 radical (unpaired) electrons. The lowest BCUT2D eigenvalue weighted by Crippen LogP contribution is -2.30. The summed E-state index contributed by atoms with van der Waals surface area (Å²) in [5.74, 6) is 0.759. The van der Waals surface area contributed by atoms with Crippen molar-refractivity contribution in [1.82, 2.24) is 5.32 Å². The quantitative estimate of drug-likeness (QED) is 0.651. The Bertz CT molecular complexity index is 54.9. The zero-order chi connectivity index (χ0) is 6.57. The van der Waals surface area contributed by atoms with E-state index in [4.69, 9.17) is 0 Å². The van der Waals surface area contributed by atoms with E-state index in [1.165, 1.54) is 0 Å². The monoisotopic (exact) mass is 151 g/mol.